The molecular formula is C19H19NO2. The fraction of sp³-hybridized carbons (Fsp3) is 0.211. The Hall–Kier alpha value is -2.55. The summed E-state index contributed by atoms with van der Waals surface area (Å²) in [5.41, 5.74) is 3.17. The first kappa shape index (κ1) is 14.4. The molecule has 0 amide bonds. The van der Waals surface area contributed by atoms with Crippen LogP contribution in [0.25, 0.3) is 22.0 Å². The molecule has 0 aliphatic heterocycles. The Bertz CT molecular complexity index is 797. The lowest BCUT2D eigenvalue weighted by Gasteiger charge is -2.13. The first-order valence-corrected chi connectivity index (χ1v) is 7.38. The predicted octanol–water partition coefficient (Wildman–Crippen LogP) is 4.48. The van der Waals surface area contributed by atoms with Crippen molar-refractivity contribution in [3.63, 3.8) is 0 Å². The van der Waals surface area contributed by atoms with E-state index in [1.165, 1.54) is 0 Å². The zero-order valence-electron chi connectivity index (χ0n) is 13.1. The van der Waals surface area contributed by atoms with Crippen LogP contribution in [-0.4, -0.2) is 19.2 Å². The predicted molar refractivity (Wildman–Crippen MR) is 89.7 cm³/mol. The summed E-state index contributed by atoms with van der Waals surface area (Å²) >= 11 is 0. The summed E-state index contributed by atoms with van der Waals surface area (Å²) in [6.07, 6.45) is 0.868. The Morgan fingerprint density at radius 2 is 1.59 bits per heavy atom. The molecule has 0 unspecified atom stereocenters. The van der Waals surface area contributed by atoms with Crippen LogP contribution >= 0.6 is 0 Å². The molecule has 0 fully saturated rings. The van der Waals surface area contributed by atoms with E-state index >= 15 is 0 Å². The number of nitrogens with zero attached hydrogens (tertiary/aromatic N) is 1. The second-order valence-electron chi connectivity index (χ2n) is 5.10. The van der Waals surface area contributed by atoms with Crippen molar-refractivity contribution < 1.29 is 9.47 Å². The lowest BCUT2D eigenvalue weighted by molar-refractivity contribution is 0.356. The van der Waals surface area contributed by atoms with Crippen molar-refractivity contribution in [2.75, 3.05) is 14.2 Å². The van der Waals surface area contributed by atoms with Gasteiger partial charge in [-0.1, -0.05) is 37.3 Å². The van der Waals surface area contributed by atoms with Gasteiger partial charge in [0.25, 0.3) is 0 Å². The van der Waals surface area contributed by atoms with Gasteiger partial charge in [-0.15, -0.1) is 0 Å². The van der Waals surface area contributed by atoms with Crippen LogP contribution in [0.1, 0.15) is 12.6 Å². The van der Waals surface area contributed by atoms with Gasteiger partial charge in [0, 0.05) is 16.6 Å². The summed E-state index contributed by atoms with van der Waals surface area (Å²) in [5, 5.41) is 2.23. The molecule has 0 aliphatic rings. The van der Waals surface area contributed by atoms with Gasteiger partial charge < -0.3 is 9.47 Å². The number of hydrogen-bond donors (Lipinski definition) is 0. The van der Waals surface area contributed by atoms with Crippen LogP contribution in [0.5, 0.6) is 11.5 Å². The van der Waals surface area contributed by atoms with E-state index in [1.807, 2.05) is 30.3 Å². The average Bonchev–Trinajstić information content (AvgIpc) is 2.60. The number of rotatable bonds is 4. The third kappa shape index (κ3) is 2.50. The zero-order valence-corrected chi connectivity index (χ0v) is 13.1. The largest absolute Gasteiger partial charge is 0.493 e. The third-order valence-corrected chi connectivity index (χ3v) is 3.82. The van der Waals surface area contributed by atoms with Gasteiger partial charge in [0.15, 0.2) is 11.5 Å². The van der Waals surface area contributed by atoms with Gasteiger partial charge in [-0.25, -0.2) is 0 Å². The maximum absolute atomic E-state index is 5.42. The van der Waals surface area contributed by atoms with E-state index in [1.54, 1.807) is 14.2 Å². The van der Waals surface area contributed by atoms with Crippen molar-refractivity contribution in [1.82, 2.24) is 4.98 Å². The van der Waals surface area contributed by atoms with Crippen LogP contribution in [-0.2, 0) is 6.42 Å². The van der Waals surface area contributed by atoms with E-state index in [2.05, 4.69) is 25.1 Å². The van der Waals surface area contributed by atoms with Crippen LogP contribution in [0, 0.1) is 0 Å². The van der Waals surface area contributed by atoms with Crippen molar-refractivity contribution in [3.05, 3.63) is 54.2 Å². The SMILES string of the molecule is CCc1nc(-c2ccccc2)cc2cc(OC)c(OC)cc12. The zero-order chi connectivity index (χ0) is 15.5. The molecule has 1 heterocycles. The minimum absolute atomic E-state index is 0.735. The quantitative estimate of drug-likeness (QED) is 0.710. The average molecular weight is 293 g/mol. The van der Waals surface area contributed by atoms with Crippen LogP contribution in [0.15, 0.2) is 48.5 Å². The minimum Gasteiger partial charge on any atom is -0.493 e. The van der Waals surface area contributed by atoms with Crippen molar-refractivity contribution >= 4 is 10.8 Å². The molecular weight excluding hydrogens is 274 g/mol. The molecule has 112 valence electrons. The van der Waals surface area contributed by atoms with E-state index < -0.39 is 0 Å². The number of ether oxygens (including phenoxy) is 2. The Morgan fingerprint density at radius 1 is 0.909 bits per heavy atom. The van der Waals surface area contributed by atoms with Crippen molar-refractivity contribution in [2.24, 2.45) is 0 Å². The lowest BCUT2D eigenvalue weighted by atomic mass is 10.0. The maximum Gasteiger partial charge on any atom is 0.161 e. The second kappa shape index (κ2) is 6.06. The Morgan fingerprint density at radius 3 is 2.23 bits per heavy atom. The van der Waals surface area contributed by atoms with Crippen LogP contribution < -0.4 is 9.47 Å². The van der Waals surface area contributed by atoms with E-state index in [4.69, 9.17) is 14.5 Å². The van der Waals surface area contributed by atoms with Gasteiger partial charge in [-0.05, 0) is 30.0 Å². The van der Waals surface area contributed by atoms with Gasteiger partial charge >= 0.3 is 0 Å². The molecule has 0 aliphatic carbocycles. The molecule has 3 nitrogen and oxygen atoms in total. The number of aryl methyl sites for hydroxylation is 1. The number of methoxy groups -OCH3 is 2. The molecule has 0 N–H and O–H groups in total. The first-order chi connectivity index (χ1) is 10.8. The van der Waals surface area contributed by atoms with Gasteiger partial charge in [-0.2, -0.15) is 0 Å². The number of benzene rings is 2. The molecule has 1 aromatic heterocycles. The molecule has 22 heavy (non-hydrogen) atoms. The Labute approximate surface area is 130 Å². The van der Waals surface area contributed by atoms with Gasteiger partial charge in [-0.3, -0.25) is 4.98 Å². The molecule has 0 atom stereocenters. The minimum atomic E-state index is 0.735. The molecule has 2 aromatic carbocycles. The molecule has 0 bridgehead atoms. The smallest absolute Gasteiger partial charge is 0.161 e. The fourth-order valence-corrected chi connectivity index (χ4v) is 2.68. The summed E-state index contributed by atoms with van der Waals surface area (Å²) in [7, 11) is 3.31. The summed E-state index contributed by atoms with van der Waals surface area (Å²) in [6, 6.07) is 16.4. The third-order valence-electron chi connectivity index (χ3n) is 3.82. The molecule has 3 rings (SSSR count). The highest BCUT2D eigenvalue weighted by Gasteiger charge is 2.11. The van der Waals surface area contributed by atoms with Crippen LogP contribution in [0.4, 0.5) is 0 Å². The highest BCUT2D eigenvalue weighted by molar-refractivity contribution is 5.90. The summed E-state index contributed by atoms with van der Waals surface area (Å²) in [5.74, 6) is 1.47. The van der Waals surface area contributed by atoms with Crippen molar-refractivity contribution in [2.45, 2.75) is 13.3 Å². The van der Waals surface area contributed by atoms with E-state index in [9.17, 15) is 0 Å². The fourth-order valence-electron chi connectivity index (χ4n) is 2.68. The molecule has 0 saturated heterocycles. The molecule has 0 radical (unpaired) electrons. The number of fused-ring (bicyclic) bond motifs is 1. The van der Waals surface area contributed by atoms with Crippen molar-refractivity contribution in [1.29, 1.82) is 0 Å². The molecule has 3 heteroatoms. The van der Waals surface area contributed by atoms with Crippen LogP contribution in [0.3, 0.4) is 0 Å². The summed E-state index contributed by atoms with van der Waals surface area (Å²) < 4.78 is 10.8. The molecule has 0 spiro atoms. The Balaban J connectivity index is 2.27. The first-order valence-electron chi connectivity index (χ1n) is 7.38. The molecule has 0 saturated carbocycles. The van der Waals surface area contributed by atoms with Crippen LogP contribution in [0.2, 0.25) is 0 Å². The monoisotopic (exact) mass is 293 g/mol. The van der Waals surface area contributed by atoms with Gasteiger partial charge in [0.1, 0.15) is 0 Å². The van der Waals surface area contributed by atoms with Crippen molar-refractivity contribution in [3.8, 4) is 22.8 Å². The topological polar surface area (TPSA) is 31.4 Å². The Kier molecular flexibility index (Phi) is 3.96. The highest BCUT2D eigenvalue weighted by atomic mass is 16.5. The lowest BCUT2D eigenvalue weighted by Crippen LogP contribution is -1.96. The number of pyridine rings is 1. The van der Waals surface area contributed by atoms with E-state index in [-0.39, 0.29) is 0 Å². The number of hydrogen-bond acceptors (Lipinski definition) is 3. The maximum atomic E-state index is 5.42. The summed E-state index contributed by atoms with van der Waals surface area (Å²) in [4.78, 5) is 4.82. The molecule has 3 aromatic rings. The van der Waals surface area contributed by atoms with E-state index in [0.717, 1.165) is 45.6 Å². The standard InChI is InChI=1S/C19H19NO2/c1-4-16-15-12-19(22-3)18(21-2)11-14(15)10-17(20-16)13-8-6-5-7-9-13/h5-12H,4H2,1-3H3. The second-order valence-corrected chi connectivity index (χ2v) is 5.10. The number of aromatic nitrogens is 1. The van der Waals surface area contributed by atoms with E-state index in [0.29, 0.717) is 0 Å². The van der Waals surface area contributed by atoms with Gasteiger partial charge in [0.2, 0.25) is 0 Å². The normalized spacial score (nSPS) is 10.7. The highest BCUT2D eigenvalue weighted by Crippen LogP contribution is 2.35. The van der Waals surface area contributed by atoms with Gasteiger partial charge in [0.05, 0.1) is 19.9 Å². The summed E-state index contributed by atoms with van der Waals surface area (Å²) in [6.45, 7) is 2.12.